The van der Waals surface area contributed by atoms with Crippen LogP contribution in [0.5, 0.6) is 0 Å². The second-order valence-corrected chi connectivity index (χ2v) is 9.44. The van der Waals surface area contributed by atoms with Crippen molar-refractivity contribution in [1.29, 1.82) is 0 Å². The molecule has 0 N–H and O–H groups in total. The number of benzene rings is 1. The molecule has 1 aromatic heterocycles. The quantitative estimate of drug-likeness (QED) is 0.515. The Bertz CT molecular complexity index is 1090. The van der Waals surface area contributed by atoms with Gasteiger partial charge in [0.2, 0.25) is 5.09 Å². The van der Waals surface area contributed by atoms with E-state index >= 15 is 0 Å². The van der Waals surface area contributed by atoms with Crippen LogP contribution in [0.15, 0.2) is 33.8 Å². The number of hydrogen-bond donors (Lipinski definition) is 0. The summed E-state index contributed by atoms with van der Waals surface area (Å²) < 4.78 is 77.5. The van der Waals surface area contributed by atoms with Gasteiger partial charge in [-0.3, -0.25) is 8.98 Å². The number of furan rings is 1. The third kappa shape index (κ3) is 3.98. The van der Waals surface area contributed by atoms with Crippen LogP contribution < -0.4 is 0 Å². The monoisotopic (exact) mass is 421 g/mol. The number of esters is 1. The van der Waals surface area contributed by atoms with Crippen LogP contribution in [0.2, 0.25) is 0 Å². The first-order valence-electron chi connectivity index (χ1n) is 7.68. The summed E-state index contributed by atoms with van der Waals surface area (Å²) >= 11 is 0. The lowest BCUT2D eigenvalue weighted by molar-refractivity contribution is -0.144. The van der Waals surface area contributed by atoms with Crippen molar-refractivity contribution in [3.05, 3.63) is 30.1 Å². The molecule has 0 saturated carbocycles. The first-order valence-corrected chi connectivity index (χ1v) is 10.9. The lowest BCUT2D eigenvalue weighted by Crippen LogP contribution is -2.41. The number of methoxy groups -OCH3 is 1. The zero-order valence-corrected chi connectivity index (χ0v) is 15.9. The van der Waals surface area contributed by atoms with E-state index in [0.29, 0.717) is 0 Å². The van der Waals surface area contributed by atoms with E-state index in [2.05, 4.69) is 4.74 Å². The Morgan fingerprint density at radius 2 is 1.96 bits per heavy atom. The van der Waals surface area contributed by atoms with Crippen LogP contribution in [-0.4, -0.2) is 59.2 Å². The molecule has 0 bridgehead atoms. The topological polar surface area (TPSA) is 120 Å². The summed E-state index contributed by atoms with van der Waals surface area (Å²) in [5.74, 6) is -1.43. The van der Waals surface area contributed by atoms with Gasteiger partial charge in [-0.15, -0.1) is 0 Å². The zero-order chi connectivity index (χ0) is 20.0. The predicted octanol–water partition coefficient (Wildman–Crippen LogP) is 0.853. The van der Waals surface area contributed by atoms with Gasteiger partial charge in [0, 0.05) is 24.4 Å². The summed E-state index contributed by atoms with van der Waals surface area (Å²) in [5.41, 5.74) is 0.146. The molecular formula is C15H16FNO8S2. The molecule has 0 spiro atoms. The van der Waals surface area contributed by atoms with E-state index in [9.17, 15) is 26.0 Å². The molecule has 1 aliphatic heterocycles. The fourth-order valence-corrected chi connectivity index (χ4v) is 5.14. The molecule has 2 atom stereocenters. The molecule has 0 unspecified atom stereocenters. The number of carbonyl (C=O) groups is 1. The Morgan fingerprint density at radius 3 is 2.59 bits per heavy atom. The minimum absolute atomic E-state index is 0.146. The van der Waals surface area contributed by atoms with Crippen LogP contribution in [0.1, 0.15) is 6.42 Å². The molecule has 0 aliphatic carbocycles. The molecule has 148 valence electrons. The highest BCUT2D eigenvalue weighted by Crippen LogP contribution is 2.32. The molecule has 1 saturated heterocycles. The second kappa shape index (κ2) is 6.86. The molecular weight excluding hydrogens is 405 g/mol. The maximum absolute atomic E-state index is 13.3. The summed E-state index contributed by atoms with van der Waals surface area (Å²) in [6.45, 7) is -0.388. The van der Waals surface area contributed by atoms with Gasteiger partial charge >= 0.3 is 5.97 Å². The average molecular weight is 421 g/mol. The van der Waals surface area contributed by atoms with Crippen LogP contribution in [0.3, 0.4) is 0 Å². The van der Waals surface area contributed by atoms with Crippen molar-refractivity contribution >= 4 is 37.1 Å². The normalized spacial score (nSPS) is 21.6. The first-order chi connectivity index (χ1) is 12.5. The van der Waals surface area contributed by atoms with Gasteiger partial charge in [-0.1, -0.05) is 0 Å². The second-order valence-electron chi connectivity index (χ2n) is 6.02. The lowest BCUT2D eigenvalue weighted by Gasteiger charge is -2.20. The van der Waals surface area contributed by atoms with Crippen molar-refractivity contribution in [2.75, 3.05) is 19.9 Å². The summed E-state index contributed by atoms with van der Waals surface area (Å²) in [6.07, 6.45) is -0.431. The van der Waals surface area contributed by atoms with E-state index in [-0.39, 0.29) is 23.9 Å². The van der Waals surface area contributed by atoms with Gasteiger partial charge < -0.3 is 9.15 Å². The maximum Gasteiger partial charge on any atom is 0.324 e. The van der Waals surface area contributed by atoms with E-state index in [1.54, 1.807) is 0 Å². The number of nitrogens with zero attached hydrogens (tertiary/aromatic N) is 1. The standard InChI is InChI=1S/C15H16FNO8S2/c1-23-15(18)12-7-11(25-26(2,19)20)8-17(12)27(21,22)14-6-9-5-10(16)3-4-13(9)24-14/h3-6,11-12H,7-8H2,1-2H3/t11-,12+/m1/s1. The van der Waals surface area contributed by atoms with Crippen molar-refractivity contribution in [2.45, 2.75) is 23.7 Å². The van der Waals surface area contributed by atoms with Gasteiger partial charge in [-0.25, -0.2) is 12.8 Å². The van der Waals surface area contributed by atoms with Crippen LogP contribution in [0.4, 0.5) is 4.39 Å². The molecule has 2 heterocycles. The number of hydrogen-bond acceptors (Lipinski definition) is 8. The summed E-state index contributed by atoms with van der Waals surface area (Å²) in [5, 5.41) is -0.275. The predicted molar refractivity (Wildman–Crippen MR) is 90.2 cm³/mol. The van der Waals surface area contributed by atoms with E-state index in [4.69, 9.17) is 8.60 Å². The number of carbonyl (C=O) groups excluding carboxylic acids is 1. The largest absolute Gasteiger partial charge is 0.468 e. The van der Waals surface area contributed by atoms with E-state index in [0.717, 1.165) is 35.9 Å². The smallest absolute Gasteiger partial charge is 0.324 e. The molecule has 3 rings (SSSR count). The van der Waals surface area contributed by atoms with Gasteiger partial charge in [0.15, 0.2) is 0 Å². The van der Waals surface area contributed by atoms with Crippen LogP contribution >= 0.6 is 0 Å². The maximum atomic E-state index is 13.3. The number of sulfonamides is 1. The Labute approximate surface area is 154 Å². The lowest BCUT2D eigenvalue weighted by atomic mass is 10.2. The van der Waals surface area contributed by atoms with Crippen LogP contribution in [0, 0.1) is 5.82 Å². The molecule has 1 aromatic carbocycles. The molecule has 0 radical (unpaired) electrons. The summed E-state index contributed by atoms with van der Waals surface area (Å²) in [4.78, 5) is 12.0. The van der Waals surface area contributed by atoms with Crippen LogP contribution in [-0.2, 0) is 33.9 Å². The Balaban J connectivity index is 1.99. The molecule has 27 heavy (non-hydrogen) atoms. The van der Waals surface area contributed by atoms with Crippen molar-refractivity contribution in [3.63, 3.8) is 0 Å². The van der Waals surface area contributed by atoms with E-state index in [1.165, 1.54) is 6.07 Å². The van der Waals surface area contributed by atoms with Crippen molar-refractivity contribution < 1.29 is 39.4 Å². The van der Waals surface area contributed by atoms with Gasteiger partial charge in [-0.05, 0) is 18.2 Å². The molecule has 12 heteroatoms. The van der Waals surface area contributed by atoms with Crippen molar-refractivity contribution in [1.82, 2.24) is 4.31 Å². The third-order valence-corrected chi connectivity index (χ3v) is 6.37. The Hall–Kier alpha value is -2.02. The molecule has 1 fully saturated rings. The fourth-order valence-electron chi connectivity index (χ4n) is 2.93. The van der Waals surface area contributed by atoms with Gasteiger partial charge in [0.1, 0.15) is 17.4 Å². The Morgan fingerprint density at radius 1 is 1.26 bits per heavy atom. The summed E-state index contributed by atoms with van der Waals surface area (Å²) in [6, 6.07) is 3.35. The molecule has 9 nitrogen and oxygen atoms in total. The highest BCUT2D eigenvalue weighted by atomic mass is 32.2. The Kier molecular flexibility index (Phi) is 5.01. The van der Waals surface area contributed by atoms with Gasteiger partial charge in [0.05, 0.1) is 19.5 Å². The molecule has 1 aliphatic rings. The number of halogens is 1. The fraction of sp³-hybridized carbons (Fsp3) is 0.400. The van der Waals surface area contributed by atoms with Crippen LogP contribution in [0.25, 0.3) is 11.0 Å². The molecule has 2 aromatic rings. The number of rotatable bonds is 5. The van der Waals surface area contributed by atoms with Crippen molar-refractivity contribution in [2.24, 2.45) is 0 Å². The third-order valence-electron chi connectivity index (χ3n) is 4.02. The van der Waals surface area contributed by atoms with Gasteiger partial charge in [0.25, 0.3) is 20.1 Å². The van der Waals surface area contributed by atoms with E-state index in [1.807, 2.05) is 0 Å². The SMILES string of the molecule is COC(=O)[C@@H]1C[C@@H](OS(C)(=O)=O)CN1S(=O)(=O)c1cc2cc(F)ccc2o1. The number of ether oxygens (including phenoxy) is 1. The highest BCUT2D eigenvalue weighted by molar-refractivity contribution is 7.89. The first kappa shape index (κ1) is 19.7. The minimum atomic E-state index is -4.34. The minimum Gasteiger partial charge on any atom is -0.468 e. The highest BCUT2D eigenvalue weighted by Gasteiger charge is 2.47. The van der Waals surface area contributed by atoms with E-state index < -0.39 is 49.2 Å². The zero-order valence-electron chi connectivity index (χ0n) is 14.3. The number of fused-ring (bicyclic) bond motifs is 1. The van der Waals surface area contributed by atoms with Crippen molar-refractivity contribution in [3.8, 4) is 0 Å². The molecule has 0 amide bonds. The van der Waals surface area contributed by atoms with Gasteiger partial charge in [-0.2, -0.15) is 12.7 Å². The average Bonchev–Trinajstić information content (AvgIpc) is 3.16. The summed E-state index contributed by atoms with van der Waals surface area (Å²) in [7, 11) is -7.11.